The number of ether oxygens (including phenoxy) is 1. The van der Waals surface area contributed by atoms with Crippen molar-refractivity contribution in [2.45, 2.75) is 32.1 Å². The number of aromatic carboxylic acids is 1. The molecule has 2 N–H and O–H groups in total. The highest BCUT2D eigenvalue weighted by atomic mass is 28.3. The zero-order valence-electron chi connectivity index (χ0n) is 14.2. The molecular formula is C16H23N3O4Si. The van der Waals surface area contributed by atoms with E-state index in [9.17, 15) is 9.90 Å². The van der Waals surface area contributed by atoms with Crippen molar-refractivity contribution in [2.75, 3.05) is 13.4 Å². The van der Waals surface area contributed by atoms with E-state index in [1.165, 1.54) is 12.4 Å². The van der Waals surface area contributed by atoms with Crippen LogP contribution in [0.25, 0.3) is 10.9 Å². The molecule has 0 amide bonds. The second-order valence-electron chi connectivity index (χ2n) is 6.65. The zero-order chi connectivity index (χ0) is 17.6. The largest absolute Gasteiger partial charge is 0.477 e. The highest BCUT2D eigenvalue weighted by molar-refractivity contribution is 6.76. The topological polar surface area (TPSA) is 96.8 Å². The predicted molar refractivity (Wildman–Crippen MR) is 95.3 cm³/mol. The first-order valence-electron chi connectivity index (χ1n) is 7.78. The molecule has 0 aliphatic heterocycles. The first-order chi connectivity index (χ1) is 11.4. The van der Waals surface area contributed by atoms with E-state index in [1.54, 1.807) is 6.20 Å². The molecule has 0 fully saturated rings. The minimum absolute atomic E-state index is 0.0277. The van der Waals surface area contributed by atoms with Gasteiger partial charge in [0, 0.05) is 44.5 Å². The molecule has 0 radical (unpaired) electrons. The summed E-state index contributed by atoms with van der Waals surface area (Å²) in [6, 6.07) is 2.90. The smallest absolute Gasteiger partial charge is 0.354 e. The van der Waals surface area contributed by atoms with Crippen LogP contribution in [0.3, 0.4) is 0 Å². The molecule has 130 valence electrons. The van der Waals surface area contributed by atoms with Gasteiger partial charge in [0.25, 0.3) is 0 Å². The lowest BCUT2D eigenvalue weighted by molar-refractivity contribution is -0.0473. The van der Waals surface area contributed by atoms with Crippen molar-refractivity contribution in [3.8, 4) is 0 Å². The number of H-pyrrole nitrogens is 1. The normalized spacial score (nSPS) is 12.1. The SMILES string of the molecule is C[Si](C)(C)CCOCO/N=C/Cc1c(C(=O)O)ncc2[nH]ccc12. The number of oxime groups is 1. The fourth-order valence-corrected chi connectivity index (χ4v) is 2.92. The Balaban J connectivity index is 1.87. The van der Waals surface area contributed by atoms with Gasteiger partial charge >= 0.3 is 5.97 Å². The number of aromatic nitrogens is 2. The van der Waals surface area contributed by atoms with Gasteiger partial charge in [0.15, 0.2) is 5.69 Å². The number of carboxylic acids is 1. The number of nitrogens with one attached hydrogen (secondary N) is 1. The Morgan fingerprint density at radius 3 is 2.96 bits per heavy atom. The fourth-order valence-electron chi connectivity index (χ4n) is 2.16. The maximum absolute atomic E-state index is 11.3. The number of nitrogens with zero attached hydrogens (tertiary/aromatic N) is 2. The third-order valence-electron chi connectivity index (χ3n) is 3.49. The number of hydrogen-bond acceptors (Lipinski definition) is 5. The van der Waals surface area contributed by atoms with Crippen LogP contribution in [0.2, 0.25) is 25.7 Å². The molecule has 2 aromatic rings. The number of hydrogen-bond donors (Lipinski definition) is 2. The summed E-state index contributed by atoms with van der Waals surface area (Å²) in [6.07, 6.45) is 5.11. The third kappa shape index (κ3) is 5.17. The van der Waals surface area contributed by atoms with Crippen molar-refractivity contribution in [1.29, 1.82) is 0 Å². The van der Waals surface area contributed by atoms with Gasteiger partial charge < -0.3 is 19.7 Å². The summed E-state index contributed by atoms with van der Waals surface area (Å²) in [5, 5.41) is 13.9. The van der Waals surface area contributed by atoms with Gasteiger partial charge in [0.2, 0.25) is 6.79 Å². The van der Waals surface area contributed by atoms with Gasteiger partial charge in [0.1, 0.15) is 0 Å². The quantitative estimate of drug-likeness (QED) is 0.238. The standard InChI is InChI=1S/C16H23N3O4Si/c1-24(2,3)9-8-22-11-23-19-7-5-13-12-4-6-17-14(12)10-18-15(13)16(20)21/h4,6-7,10,17H,5,8-9,11H2,1-3H3,(H,20,21)/b19-7+. The molecule has 0 aliphatic rings. The average molecular weight is 349 g/mol. The highest BCUT2D eigenvalue weighted by Gasteiger charge is 2.15. The van der Waals surface area contributed by atoms with Crippen molar-refractivity contribution in [2.24, 2.45) is 5.16 Å². The zero-order valence-corrected chi connectivity index (χ0v) is 15.2. The summed E-state index contributed by atoms with van der Waals surface area (Å²) in [4.78, 5) is 23.4. The molecule has 2 rings (SSSR count). The lowest BCUT2D eigenvalue weighted by Crippen LogP contribution is -2.21. The van der Waals surface area contributed by atoms with Crippen molar-refractivity contribution in [3.63, 3.8) is 0 Å². The van der Waals surface area contributed by atoms with Crippen LogP contribution in [-0.2, 0) is 16.0 Å². The van der Waals surface area contributed by atoms with Crippen LogP contribution in [-0.4, -0.2) is 48.7 Å². The number of carboxylic acid groups (broad SMARTS) is 1. The van der Waals surface area contributed by atoms with Crippen LogP contribution < -0.4 is 0 Å². The molecule has 0 spiro atoms. The molecule has 0 saturated heterocycles. The van der Waals surface area contributed by atoms with Crippen molar-refractivity contribution < 1.29 is 19.5 Å². The van der Waals surface area contributed by atoms with Gasteiger partial charge in [-0.05, 0) is 12.1 Å². The summed E-state index contributed by atoms with van der Waals surface area (Å²) in [6.45, 7) is 7.61. The van der Waals surface area contributed by atoms with Crippen LogP contribution in [0.1, 0.15) is 16.1 Å². The van der Waals surface area contributed by atoms with Gasteiger partial charge in [-0.25, -0.2) is 9.78 Å². The van der Waals surface area contributed by atoms with E-state index in [4.69, 9.17) is 9.57 Å². The minimum atomic E-state index is -1.10. The predicted octanol–water partition coefficient (Wildman–Crippen LogP) is 3.12. The Bertz CT molecular complexity index is 722. The maximum atomic E-state index is 11.3. The summed E-state index contributed by atoms with van der Waals surface area (Å²) >= 11 is 0. The monoisotopic (exact) mass is 349 g/mol. The summed E-state index contributed by atoms with van der Waals surface area (Å²) in [5.74, 6) is -1.06. The minimum Gasteiger partial charge on any atom is -0.477 e. The summed E-state index contributed by atoms with van der Waals surface area (Å²) in [7, 11) is -1.10. The van der Waals surface area contributed by atoms with Crippen molar-refractivity contribution >= 4 is 31.2 Å². The van der Waals surface area contributed by atoms with E-state index in [-0.39, 0.29) is 12.5 Å². The van der Waals surface area contributed by atoms with Crippen LogP contribution in [0.4, 0.5) is 0 Å². The van der Waals surface area contributed by atoms with Crippen LogP contribution in [0, 0.1) is 0 Å². The molecule has 24 heavy (non-hydrogen) atoms. The lowest BCUT2D eigenvalue weighted by atomic mass is 10.1. The molecule has 0 aromatic carbocycles. The van der Waals surface area contributed by atoms with Gasteiger partial charge in [0.05, 0.1) is 11.7 Å². The number of carbonyl (C=O) groups is 1. The van der Waals surface area contributed by atoms with E-state index >= 15 is 0 Å². The van der Waals surface area contributed by atoms with E-state index in [0.29, 0.717) is 18.6 Å². The summed E-state index contributed by atoms with van der Waals surface area (Å²) < 4.78 is 5.37. The molecule has 2 aromatic heterocycles. The molecule has 0 atom stereocenters. The number of aromatic amines is 1. The Labute approximate surface area is 141 Å². The number of fused-ring (bicyclic) bond motifs is 1. The van der Waals surface area contributed by atoms with Crippen LogP contribution in [0.5, 0.6) is 0 Å². The molecule has 0 saturated carbocycles. The molecular weight excluding hydrogens is 326 g/mol. The maximum Gasteiger partial charge on any atom is 0.354 e. The molecule has 8 heteroatoms. The number of rotatable bonds is 9. The first kappa shape index (κ1) is 18.1. The van der Waals surface area contributed by atoms with E-state index in [0.717, 1.165) is 16.9 Å². The third-order valence-corrected chi connectivity index (χ3v) is 5.20. The summed E-state index contributed by atoms with van der Waals surface area (Å²) in [5.41, 5.74) is 1.42. The Morgan fingerprint density at radius 2 is 2.25 bits per heavy atom. The van der Waals surface area contributed by atoms with E-state index < -0.39 is 14.0 Å². The van der Waals surface area contributed by atoms with Crippen LogP contribution in [0.15, 0.2) is 23.6 Å². The highest BCUT2D eigenvalue weighted by Crippen LogP contribution is 2.20. The van der Waals surface area contributed by atoms with Gasteiger partial charge in [-0.3, -0.25) is 0 Å². The van der Waals surface area contributed by atoms with Crippen LogP contribution >= 0.6 is 0 Å². The molecule has 2 heterocycles. The fraction of sp³-hybridized carbons (Fsp3) is 0.438. The lowest BCUT2D eigenvalue weighted by Gasteiger charge is -2.14. The average Bonchev–Trinajstić information content (AvgIpc) is 2.97. The molecule has 0 aliphatic carbocycles. The van der Waals surface area contributed by atoms with E-state index in [2.05, 4.69) is 34.8 Å². The second-order valence-corrected chi connectivity index (χ2v) is 12.3. The Kier molecular flexibility index (Phi) is 6.10. The van der Waals surface area contributed by atoms with Gasteiger partial charge in [-0.15, -0.1) is 0 Å². The molecule has 0 unspecified atom stereocenters. The van der Waals surface area contributed by atoms with Gasteiger partial charge in [-0.1, -0.05) is 24.8 Å². The number of pyridine rings is 1. The first-order valence-corrected chi connectivity index (χ1v) is 11.5. The second kappa shape index (κ2) is 8.07. The van der Waals surface area contributed by atoms with Crippen molar-refractivity contribution in [3.05, 3.63) is 29.7 Å². The Morgan fingerprint density at radius 1 is 1.46 bits per heavy atom. The van der Waals surface area contributed by atoms with Gasteiger partial charge in [-0.2, -0.15) is 0 Å². The Hall–Kier alpha value is -2.19. The molecule has 0 bridgehead atoms. The van der Waals surface area contributed by atoms with E-state index in [1.807, 2.05) is 6.07 Å². The molecule has 7 nitrogen and oxygen atoms in total. The van der Waals surface area contributed by atoms with Crippen molar-refractivity contribution in [1.82, 2.24) is 9.97 Å².